The Kier molecular flexibility index (Phi) is 7.04. The van der Waals surface area contributed by atoms with Crippen molar-refractivity contribution in [3.63, 3.8) is 0 Å². The summed E-state index contributed by atoms with van der Waals surface area (Å²) in [6.07, 6.45) is 6.74. The van der Waals surface area contributed by atoms with Crippen molar-refractivity contribution in [3.8, 4) is 0 Å². The Balaban J connectivity index is 1.54. The quantitative estimate of drug-likeness (QED) is 0.505. The van der Waals surface area contributed by atoms with Crippen LogP contribution in [0.25, 0.3) is 0 Å². The number of ether oxygens (including phenoxy) is 2. The normalized spacial score (nSPS) is 18.7. The highest BCUT2D eigenvalue weighted by Gasteiger charge is 2.39. The van der Waals surface area contributed by atoms with Gasteiger partial charge in [-0.2, -0.15) is 0 Å². The maximum atomic E-state index is 6.13. The maximum Gasteiger partial charge on any atom is 0.0717 e. The minimum atomic E-state index is 0.136. The molecule has 2 aromatic carbocycles. The molecular weight excluding hydrogens is 320 g/mol. The summed E-state index contributed by atoms with van der Waals surface area (Å²) in [7, 11) is 0. The van der Waals surface area contributed by atoms with Gasteiger partial charge in [0.2, 0.25) is 0 Å². The van der Waals surface area contributed by atoms with Gasteiger partial charge in [0.1, 0.15) is 0 Å². The largest absolute Gasteiger partial charge is 0.376 e. The van der Waals surface area contributed by atoms with Crippen LogP contribution in [0.4, 0.5) is 0 Å². The van der Waals surface area contributed by atoms with Crippen molar-refractivity contribution in [2.75, 3.05) is 13.2 Å². The highest BCUT2D eigenvalue weighted by molar-refractivity contribution is 5.14. The topological polar surface area (TPSA) is 18.5 Å². The van der Waals surface area contributed by atoms with E-state index in [0.29, 0.717) is 19.1 Å². The summed E-state index contributed by atoms with van der Waals surface area (Å²) in [6.45, 7) is 6.80. The molecule has 0 aromatic heterocycles. The van der Waals surface area contributed by atoms with E-state index in [0.717, 1.165) is 19.6 Å². The molecule has 2 nitrogen and oxygen atoms in total. The summed E-state index contributed by atoms with van der Waals surface area (Å²) in [4.78, 5) is 0. The van der Waals surface area contributed by atoms with Crippen LogP contribution in [0, 0.1) is 11.3 Å². The zero-order valence-electron chi connectivity index (χ0n) is 15.6. The van der Waals surface area contributed by atoms with Gasteiger partial charge in [0.15, 0.2) is 0 Å². The van der Waals surface area contributed by atoms with Gasteiger partial charge in [-0.1, -0.05) is 66.7 Å². The summed E-state index contributed by atoms with van der Waals surface area (Å²) < 4.78 is 12.3. The number of hydrogen-bond acceptors (Lipinski definition) is 2. The van der Waals surface area contributed by atoms with Crippen LogP contribution in [0.1, 0.15) is 36.8 Å². The molecule has 3 rings (SSSR count). The summed E-state index contributed by atoms with van der Waals surface area (Å²) >= 11 is 0. The summed E-state index contributed by atoms with van der Waals surface area (Å²) in [6, 6.07) is 20.8. The predicted molar refractivity (Wildman–Crippen MR) is 107 cm³/mol. The van der Waals surface area contributed by atoms with Gasteiger partial charge >= 0.3 is 0 Å². The van der Waals surface area contributed by atoms with Crippen LogP contribution in [0.5, 0.6) is 0 Å². The molecule has 0 aliphatic heterocycles. The van der Waals surface area contributed by atoms with Crippen molar-refractivity contribution in [3.05, 3.63) is 84.4 Å². The van der Waals surface area contributed by atoms with E-state index in [2.05, 4.69) is 61.2 Å². The highest BCUT2D eigenvalue weighted by atomic mass is 16.5. The van der Waals surface area contributed by atoms with Crippen LogP contribution in [-0.4, -0.2) is 13.2 Å². The molecule has 0 heterocycles. The van der Waals surface area contributed by atoms with Crippen molar-refractivity contribution < 1.29 is 9.47 Å². The summed E-state index contributed by atoms with van der Waals surface area (Å²) in [5, 5.41) is 0. The lowest BCUT2D eigenvalue weighted by molar-refractivity contribution is -0.0316. The van der Waals surface area contributed by atoms with Crippen LogP contribution in [0.2, 0.25) is 0 Å². The maximum absolute atomic E-state index is 6.13. The second-order valence-corrected chi connectivity index (χ2v) is 7.59. The van der Waals surface area contributed by atoms with Gasteiger partial charge in [0.05, 0.1) is 26.4 Å². The smallest absolute Gasteiger partial charge is 0.0717 e. The molecule has 0 spiro atoms. The first-order valence-electron chi connectivity index (χ1n) is 9.64. The fourth-order valence-corrected chi connectivity index (χ4v) is 3.99. The third-order valence-corrected chi connectivity index (χ3v) is 5.34. The van der Waals surface area contributed by atoms with E-state index < -0.39 is 0 Å². The van der Waals surface area contributed by atoms with E-state index in [9.17, 15) is 0 Å². The summed E-state index contributed by atoms with van der Waals surface area (Å²) in [5.41, 5.74) is 2.60. The second kappa shape index (κ2) is 9.70. The molecule has 0 amide bonds. The molecule has 0 N–H and O–H groups in total. The zero-order valence-corrected chi connectivity index (χ0v) is 15.6. The molecule has 0 saturated heterocycles. The molecule has 1 aliphatic carbocycles. The second-order valence-electron chi connectivity index (χ2n) is 7.59. The standard InChI is InChI=1S/C24H30O2/c1-2-9-21-14-15-24(16-21,19-25-17-22-10-5-3-6-11-22)20-26-18-23-12-7-4-8-13-23/h2-8,10-13,21H,1,9,14-20H2. The van der Waals surface area contributed by atoms with Gasteiger partial charge in [-0.05, 0) is 42.7 Å². The SMILES string of the molecule is C=CCC1CCC(COCc2ccccc2)(COCc2ccccc2)C1. The van der Waals surface area contributed by atoms with Gasteiger partial charge in [-0.25, -0.2) is 0 Å². The highest BCUT2D eigenvalue weighted by Crippen LogP contribution is 2.44. The lowest BCUT2D eigenvalue weighted by Crippen LogP contribution is -2.30. The molecule has 1 unspecified atom stereocenters. The first-order chi connectivity index (χ1) is 12.8. The third-order valence-electron chi connectivity index (χ3n) is 5.34. The lowest BCUT2D eigenvalue weighted by Gasteiger charge is -2.29. The minimum absolute atomic E-state index is 0.136. The van der Waals surface area contributed by atoms with Gasteiger partial charge < -0.3 is 9.47 Å². The van der Waals surface area contributed by atoms with Crippen LogP contribution in [0.15, 0.2) is 73.3 Å². The van der Waals surface area contributed by atoms with E-state index >= 15 is 0 Å². The van der Waals surface area contributed by atoms with Gasteiger partial charge in [0.25, 0.3) is 0 Å². The molecule has 0 radical (unpaired) electrons. The predicted octanol–water partition coefficient (Wildman–Crippen LogP) is 5.78. The molecule has 2 heteroatoms. The summed E-state index contributed by atoms with van der Waals surface area (Å²) in [5.74, 6) is 0.716. The van der Waals surface area contributed by atoms with Crippen molar-refractivity contribution in [2.24, 2.45) is 11.3 Å². The fraction of sp³-hybridized carbons (Fsp3) is 0.417. The third kappa shape index (κ3) is 5.55. The van der Waals surface area contributed by atoms with E-state index in [1.54, 1.807) is 0 Å². The molecule has 1 saturated carbocycles. The minimum Gasteiger partial charge on any atom is -0.376 e. The number of benzene rings is 2. The first kappa shape index (κ1) is 18.9. The molecule has 2 aromatic rings. The van der Waals surface area contributed by atoms with E-state index in [4.69, 9.17) is 9.47 Å². The van der Waals surface area contributed by atoms with Crippen LogP contribution >= 0.6 is 0 Å². The van der Waals surface area contributed by atoms with Crippen molar-refractivity contribution in [2.45, 2.75) is 38.9 Å². The van der Waals surface area contributed by atoms with Crippen LogP contribution in [0.3, 0.4) is 0 Å². The number of allylic oxidation sites excluding steroid dienone is 1. The van der Waals surface area contributed by atoms with Crippen LogP contribution in [-0.2, 0) is 22.7 Å². The Morgan fingerprint density at radius 1 is 0.885 bits per heavy atom. The molecular formula is C24H30O2. The van der Waals surface area contributed by atoms with Gasteiger partial charge in [-0.3, -0.25) is 0 Å². The van der Waals surface area contributed by atoms with Gasteiger partial charge in [0, 0.05) is 5.41 Å². The van der Waals surface area contributed by atoms with E-state index in [1.165, 1.54) is 30.4 Å². The average Bonchev–Trinajstić information content (AvgIpc) is 3.07. The Bertz CT molecular complexity index is 605. The Hall–Kier alpha value is -1.90. The van der Waals surface area contributed by atoms with Crippen molar-refractivity contribution in [1.29, 1.82) is 0 Å². The van der Waals surface area contributed by atoms with E-state index in [1.807, 2.05) is 12.1 Å². The first-order valence-corrected chi connectivity index (χ1v) is 9.64. The molecule has 1 aliphatic rings. The van der Waals surface area contributed by atoms with E-state index in [-0.39, 0.29) is 5.41 Å². The zero-order chi connectivity index (χ0) is 18.1. The number of hydrogen-bond donors (Lipinski definition) is 0. The molecule has 0 bridgehead atoms. The van der Waals surface area contributed by atoms with Crippen molar-refractivity contribution in [1.82, 2.24) is 0 Å². The lowest BCUT2D eigenvalue weighted by atomic mass is 9.86. The van der Waals surface area contributed by atoms with Crippen LogP contribution < -0.4 is 0 Å². The van der Waals surface area contributed by atoms with Gasteiger partial charge in [-0.15, -0.1) is 6.58 Å². The molecule has 1 fully saturated rings. The monoisotopic (exact) mass is 350 g/mol. The Labute approximate surface area is 157 Å². The fourth-order valence-electron chi connectivity index (χ4n) is 3.99. The molecule has 26 heavy (non-hydrogen) atoms. The molecule has 138 valence electrons. The number of rotatable bonds is 10. The Morgan fingerprint density at radius 3 is 1.92 bits per heavy atom. The van der Waals surface area contributed by atoms with Crippen molar-refractivity contribution >= 4 is 0 Å². The molecule has 1 atom stereocenters. The average molecular weight is 351 g/mol. The Morgan fingerprint density at radius 2 is 1.42 bits per heavy atom.